The predicted molar refractivity (Wildman–Crippen MR) is 72.2 cm³/mol. The molecule has 1 heterocycles. The van der Waals surface area contributed by atoms with Crippen molar-refractivity contribution in [3.63, 3.8) is 0 Å². The monoisotopic (exact) mass is 247 g/mol. The Morgan fingerprint density at radius 3 is 2.67 bits per heavy atom. The summed E-state index contributed by atoms with van der Waals surface area (Å²) in [6, 6.07) is 1.75. The van der Waals surface area contributed by atoms with Crippen molar-refractivity contribution >= 4 is 11.5 Å². The topological polar surface area (TPSA) is 59.2 Å². The second-order valence-corrected chi connectivity index (χ2v) is 5.31. The molecule has 98 valence electrons. The molecule has 0 unspecified atom stereocenters. The Morgan fingerprint density at radius 2 is 2.11 bits per heavy atom. The van der Waals surface area contributed by atoms with Crippen molar-refractivity contribution < 1.29 is 4.79 Å². The van der Waals surface area contributed by atoms with Crippen LogP contribution in [0.2, 0.25) is 0 Å². The van der Waals surface area contributed by atoms with E-state index in [0.717, 1.165) is 31.2 Å². The van der Waals surface area contributed by atoms with Crippen LogP contribution in [0.25, 0.3) is 0 Å². The van der Waals surface area contributed by atoms with Gasteiger partial charge < -0.3 is 5.73 Å². The molecular formula is C14H21N3O. The minimum Gasteiger partial charge on any atom is -0.398 e. The minimum atomic E-state index is -0.289. The molecule has 0 saturated heterocycles. The molecule has 4 nitrogen and oxygen atoms in total. The van der Waals surface area contributed by atoms with Crippen LogP contribution < -0.4 is 5.73 Å². The van der Waals surface area contributed by atoms with Crippen LogP contribution in [0.5, 0.6) is 0 Å². The van der Waals surface area contributed by atoms with Crippen LogP contribution >= 0.6 is 0 Å². The summed E-state index contributed by atoms with van der Waals surface area (Å²) in [6.07, 6.45) is 7.92. The first-order valence-corrected chi connectivity index (χ1v) is 6.45. The van der Waals surface area contributed by atoms with Gasteiger partial charge in [0.25, 0.3) is 0 Å². The molecule has 0 aromatic carbocycles. The number of aromatic nitrogens is 1. The third-order valence-corrected chi connectivity index (χ3v) is 4.10. The predicted octanol–water partition coefficient (Wildman–Crippen LogP) is 1.65. The number of nitrogen functional groups attached to an aromatic ring is 1. The molecule has 1 aromatic heterocycles. The first-order chi connectivity index (χ1) is 8.56. The van der Waals surface area contributed by atoms with E-state index < -0.39 is 0 Å². The summed E-state index contributed by atoms with van der Waals surface area (Å²) >= 11 is 0. The second-order valence-electron chi connectivity index (χ2n) is 5.31. The summed E-state index contributed by atoms with van der Waals surface area (Å²) in [6.45, 7) is 0. The highest BCUT2D eigenvalue weighted by Crippen LogP contribution is 2.35. The number of hydrogen-bond donors (Lipinski definition) is 1. The summed E-state index contributed by atoms with van der Waals surface area (Å²) < 4.78 is 0. The molecule has 18 heavy (non-hydrogen) atoms. The van der Waals surface area contributed by atoms with Gasteiger partial charge in [-0.1, -0.05) is 12.8 Å². The number of carbonyl (C=O) groups excluding carboxylic acids is 1. The van der Waals surface area contributed by atoms with Crippen LogP contribution in [0.4, 0.5) is 5.69 Å². The molecule has 0 bridgehead atoms. The van der Waals surface area contributed by atoms with Crippen LogP contribution in [-0.2, 0) is 11.2 Å². The van der Waals surface area contributed by atoms with Gasteiger partial charge in [0.15, 0.2) is 5.78 Å². The second kappa shape index (κ2) is 5.06. The Balaban J connectivity index is 2.19. The lowest BCUT2D eigenvalue weighted by Gasteiger charge is -2.34. The van der Waals surface area contributed by atoms with Crippen LogP contribution in [0.3, 0.4) is 0 Å². The van der Waals surface area contributed by atoms with E-state index in [1.54, 1.807) is 18.5 Å². The van der Waals surface area contributed by atoms with Crippen LogP contribution in [0.15, 0.2) is 18.5 Å². The third kappa shape index (κ3) is 2.25. The highest BCUT2D eigenvalue weighted by molar-refractivity contribution is 5.91. The van der Waals surface area contributed by atoms with E-state index in [4.69, 9.17) is 5.73 Å². The Morgan fingerprint density at radius 1 is 1.44 bits per heavy atom. The summed E-state index contributed by atoms with van der Waals surface area (Å²) in [7, 11) is 3.99. The number of likely N-dealkylation sites (N-methyl/N-ethyl adjacent to an activating group) is 1. The maximum absolute atomic E-state index is 12.6. The standard InChI is InChI=1S/C14H21N3O/c1-17(2)14(6-3-4-7-14)13(18)9-11-10-16-8-5-12(11)15/h5,8,10H,3-4,6-7,9H2,1-2H3,(H2,15,16). The zero-order valence-corrected chi connectivity index (χ0v) is 11.1. The molecule has 2 rings (SSSR count). The number of pyridine rings is 1. The third-order valence-electron chi connectivity index (χ3n) is 4.10. The molecule has 1 aromatic rings. The Kier molecular flexibility index (Phi) is 3.66. The number of nitrogens with two attached hydrogens (primary N) is 1. The Bertz CT molecular complexity index is 436. The van der Waals surface area contributed by atoms with Crippen molar-refractivity contribution in [3.8, 4) is 0 Å². The normalized spacial score (nSPS) is 18.2. The van der Waals surface area contributed by atoms with E-state index in [1.807, 2.05) is 14.1 Å². The number of anilines is 1. The maximum atomic E-state index is 12.6. The van der Waals surface area contributed by atoms with E-state index in [-0.39, 0.29) is 11.3 Å². The van der Waals surface area contributed by atoms with Crippen molar-refractivity contribution in [1.29, 1.82) is 0 Å². The lowest BCUT2D eigenvalue weighted by Crippen LogP contribution is -2.49. The van der Waals surface area contributed by atoms with Gasteiger partial charge in [0, 0.05) is 30.1 Å². The zero-order valence-electron chi connectivity index (χ0n) is 11.1. The molecule has 0 amide bonds. The number of Topliss-reactive ketones (excluding diaryl/α,β-unsaturated/α-hetero) is 1. The maximum Gasteiger partial charge on any atom is 0.157 e. The van der Waals surface area contributed by atoms with E-state index >= 15 is 0 Å². The summed E-state index contributed by atoms with van der Waals surface area (Å²) in [5.41, 5.74) is 7.09. The number of nitrogens with zero attached hydrogens (tertiary/aromatic N) is 2. The van der Waals surface area contributed by atoms with Gasteiger partial charge in [-0.2, -0.15) is 0 Å². The molecule has 0 spiro atoms. The average molecular weight is 247 g/mol. The number of hydrogen-bond acceptors (Lipinski definition) is 4. The molecule has 2 N–H and O–H groups in total. The highest BCUT2D eigenvalue weighted by Gasteiger charge is 2.42. The number of ketones is 1. The fourth-order valence-electron chi connectivity index (χ4n) is 2.86. The van der Waals surface area contributed by atoms with Crippen LogP contribution in [-0.4, -0.2) is 35.3 Å². The van der Waals surface area contributed by atoms with Gasteiger partial charge in [0.05, 0.1) is 5.54 Å². The van der Waals surface area contributed by atoms with Crippen molar-refractivity contribution in [1.82, 2.24) is 9.88 Å². The van der Waals surface area contributed by atoms with E-state index in [2.05, 4.69) is 9.88 Å². The molecule has 0 atom stereocenters. The molecule has 1 saturated carbocycles. The lowest BCUT2D eigenvalue weighted by molar-refractivity contribution is -0.128. The lowest BCUT2D eigenvalue weighted by atomic mass is 9.87. The van der Waals surface area contributed by atoms with Gasteiger partial charge in [-0.05, 0) is 33.0 Å². The quantitative estimate of drug-likeness (QED) is 0.879. The average Bonchev–Trinajstić information content (AvgIpc) is 2.82. The molecular weight excluding hydrogens is 226 g/mol. The molecule has 1 aliphatic carbocycles. The van der Waals surface area contributed by atoms with Crippen molar-refractivity contribution in [3.05, 3.63) is 24.0 Å². The minimum absolute atomic E-state index is 0.268. The van der Waals surface area contributed by atoms with E-state index in [9.17, 15) is 4.79 Å². The van der Waals surface area contributed by atoms with Crippen molar-refractivity contribution in [2.45, 2.75) is 37.6 Å². The molecule has 0 aliphatic heterocycles. The van der Waals surface area contributed by atoms with E-state index in [1.165, 1.54) is 0 Å². The van der Waals surface area contributed by atoms with Gasteiger partial charge >= 0.3 is 0 Å². The van der Waals surface area contributed by atoms with Gasteiger partial charge in [0.1, 0.15) is 0 Å². The first kappa shape index (κ1) is 13.0. The van der Waals surface area contributed by atoms with Gasteiger partial charge in [-0.25, -0.2) is 0 Å². The van der Waals surface area contributed by atoms with Gasteiger partial charge in [0.2, 0.25) is 0 Å². The van der Waals surface area contributed by atoms with Crippen molar-refractivity contribution in [2.75, 3.05) is 19.8 Å². The van der Waals surface area contributed by atoms with E-state index in [0.29, 0.717) is 12.1 Å². The highest BCUT2D eigenvalue weighted by atomic mass is 16.1. The largest absolute Gasteiger partial charge is 0.398 e. The fourth-order valence-corrected chi connectivity index (χ4v) is 2.86. The number of carbonyl (C=O) groups is 1. The van der Waals surface area contributed by atoms with Crippen LogP contribution in [0, 0.1) is 0 Å². The Labute approximate surface area is 108 Å². The molecule has 0 radical (unpaired) electrons. The number of rotatable bonds is 4. The van der Waals surface area contributed by atoms with Crippen molar-refractivity contribution in [2.24, 2.45) is 0 Å². The van der Waals surface area contributed by atoms with Gasteiger partial charge in [-0.3, -0.25) is 14.7 Å². The first-order valence-electron chi connectivity index (χ1n) is 6.45. The zero-order chi connectivity index (χ0) is 13.2. The SMILES string of the molecule is CN(C)C1(C(=O)Cc2cnccc2N)CCCC1. The molecule has 1 fully saturated rings. The molecule has 4 heteroatoms. The smallest absolute Gasteiger partial charge is 0.157 e. The summed E-state index contributed by atoms with van der Waals surface area (Å²) in [4.78, 5) is 18.7. The summed E-state index contributed by atoms with van der Waals surface area (Å²) in [5.74, 6) is 0.268. The summed E-state index contributed by atoms with van der Waals surface area (Å²) in [5, 5.41) is 0. The van der Waals surface area contributed by atoms with Gasteiger partial charge in [-0.15, -0.1) is 0 Å². The van der Waals surface area contributed by atoms with Crippen LogP contribution in [0.1, 0.15) is 31.2 Å². The Hall–Kier alpha value is -1.42. The molecule has 1 aliphatic rings. The fraction of sp³-hybridized carbons (Fsp3) is 0.571.